The van der Waals surface area contributed by atoms with Gasteiger partial charge in [0.1, 0.15) is 5.75 Å². The molecule has 0 radical (unpaired) electrons. The molecule has 6 heteroatoms. The Morgan fingerprint density at radius 2 is 1.79 bits per heavy atom. The molecule has 1 heterocycles. The quantitative estimate of drug-likeness (QED) is 0.686. The molecule has 142 valence electrons. The van der Waals surface area contributed by atoms with E-state index in [1.807, 2.05) is 42.5 Å². The Bertz CT molecular complexity index is 1050. The van der Waals surface area contributed by atoms with Gasteiger partial charge in [-0.05, 0) is 30.7 Å². The SMILES string of the molecule is O=C(COc1ccc(Cl)c2ccccc12)Nc1ccccc1N1CCCC1=O. The summed E-state index contributed by atoms with van der Waals surface area (Å²) in [6, 6.07) is 18.4. The van der Waals surface area contributed by atoms with Gasteiger partial charge in [-0.25, -0.2) is 0 Å². The first-order valence-corrected chi connectivity index (χ1v) is 9.50. The molecule has 2 amide bonds. The minimum atomic E-state index is -0.293. The number of hydrogen-bond donors (Lipinski definition) is 1. The molecule has 1 aliphatic heterocycles. The van der Waals surface area contributed by atoms with Crippen molar-refractivity contribution >= 4 is 45.6 Å². The van der Waals surface area contributed by atoms with Crippen LogP contribution in [0.1, 0.15) is 12.8 Å². The highest BCUT2D eigenvalue weighted by Gasteiger charge is 2.24. The lowest BCUT2D eigenvalue weighted by Crippen LogP contribution is -2.26. The zero-order valence-corrected chi connectivity index (χ0v) is 15.9. The summed E-state index contributed by atoms with van der Waals surface area (Å²) in [6.45, 7) is 0.521. The van der Waals surface area contributed by atoms with E-state index in [9.17, 15) is 9.59 Å². The molecule has 1 saturated heterocycles. The van der Waals surface area contributed by atoms with E-state index in [4.69, 9.17) is 16.3 Å². The summed E-state index contributed by atoms with van der Waals surface area (Å²) >= 11 is 6.22. The van der Waals surface area contributed by atoms with E-state index >= 15 is 0 Å². The topological polar surface area (TPSA) is 58.6 Å². The molecule has 28 heavy (non-hydrogen) atoms. The number of carbonyl (C=O) groups is 2. The normalized spacial score (nSPS) is 13.8. The van der Waals surface area contributed by atoms with Crippen LogP contribution >= 0.6 is 11.6 Å². The molecule has 0 spiro atoms. The predicted octanol–water partition coefficient (Wildman–Crippen LogP) is 4.64. The summed E-state index contributed by atoms with van der Waals surface area (Å²) < 4.78 is 5.74. The molecule has 1 aliphatic rings. The van der Waals surface area contributed by atoms with E-state index in [0.29, 0.717) is 29.4 Å². The Labute approximate surface area is 167 Å². The van der Waals surface area contributed by atoms with Gasteiger partial charge in [-0.15, -0.1) is 0 Å². The second kappa shape index (κ2) is 7.90. The molecule has 0 saturated carbocycles. The Balaban J connectivity index is 1.48. The van der Waals surface area contributed by atoms with E-state index in [-0.39, 0.29) is 18.4 Å². The molecule has 0 aliphatic carbocycles. The van der Waals surface area contributed by atoms with Gasteiger partial charge in [0.25, 0.3) is 5.91 Å². The van der Waals surface area contributed by atoms with Crippen molar-refractivity contribution in [3.8, 4) is 5.75 Å². The average Bonchev–Trinajstić information content (AvgIpc) is 3.14. The van der Waals surface area contributed by atoms with Crippen molar-refractivity contribution in [1.82, 2.24) is 0 Å². The van der Waals surface area contributed by atoms with Crippen LogP contribution in [0.4, 0.5) is 11.4 Å². The Morgan fingerprint density at radius 3 is 2.57 bits per heavy atom. The monoisotopic (exact) mass is 394 g/mol. The van der Waals surface area contributed by atoms with Crippen LogP contribution in [-0.4, -0.2) is 25.0 Å². The number of ether oxygens (including phenoxy) is 1. The molecule has 4 rings (SSSR count). The van der Waals surface area contributed by atoms with E-state index in [1.165, 1.54) is 0 Å². The maximum absolute atomic E-state index is 12.5. The van der Waals surface area contributed by atoms with Crippen molar-refractivity contribution in [2.24, 2.45) is 0 Å². The fourth-order valence-corrected chi connectivity index (χ4v) is 3.64. The van der Waals surface area contributed by atoms with Crippen molar-refractivity contribution in [3.05, 3.63) is 65.7 Å². The van der Waals surface area contributed by atoms with Crippen LogP contribution in [0.3, 0.4) is 0 Å². The van der Waals surface area contributed by atoms with Crippen LogP contribution in [0, 0.1) is 0 Å². The van der Waals surface area contributed by atoms with E-state index in [2.05, 4.69) is 5.32 Å². The number of benzene rings is 3. The van der Waals surface area contributed by atoms with Gasteiger partial charge in [-0.3, -0.25) is 9.59 Å². The first-order chi connectivity index (χ1) is 13.6. The lowest BCUT2D eigenvalue weighted by atomic mass is 10.1. The minimum Gasteiger partial charge on any atom is -0.483 e. The Hall–Kier alpha value is -3.05. The van der Waals surface area contributed by atoms with Crippen LogP contribution in [0.25, 0.3) is 10.8 Å². The number of amides is 2. The number of carbonyl (C=O) groups excluding carboxylic acids is 2. The van der Waals surface area contributed by atoms with Gasteiger partial charge in [0.2, 0.25) is 5.91 Å². The fraction of sp³-hybridized carbons (Fsp3) is 0.182. The van der Waals surface area contributed by atoms with Crippen LogP contribution in [0.15, 0.2) is 60.7 Å². The number of nitrogens with one attached hydrogen (secondary N) is 1. The van der Waals surface area contributed by atoms with E-state index < -0.39 is 0 Å². The highest BCUT2D eigenvalue weighted by Crippen LogP contribution is 2.32. The molecule has 3 aromatic carbocycles. The molecule has 0 aromatic heterocycles. The molecular weight excluding hydrogens is 376 g/mol. The third-order valence-corrected chi connectivity index (χ3v) is 5.06. The lowest BCUT2D eigenvalue weighted by molar-refractivity contribution is -0.118. The van der Waals surface area contributed by atoms with E-state index in [0.717, 1.165) is 22.9 Å². The zero-order chi connectivity index (χ0) is 19.5. The number of fused-ring (bicyclic) bond motifs is 1. The molecule has 3 aromatic rings. The van der Waals surface area contributed by atoms with Crippen molar-refractivity contribution in [2.75, 3.05) is 23.4 Å². The maximum Gasteiger partial charge on any atom is 0.262 e. The second-order valence-electron chi connectivity index (χ2n) is 6.59. The summed E-state index contributed by atoms with van der Waals surface area (Å²) in [7, 11) is 0. The van der Waals surface area contributed by atoms with Gasteiger partial charge < -0.3 is 15.0 Å². The number of halogens is 1. The number of rotatable bonds is 5. The van der Waals surface area contributed by atoms with Crippen molar-refractivity contribution < 1.29 is 14.3 Å². The maximum atomic E-state index is 12.5. The van der Waals surface area contributed by atoms with Crippen LogP contribution in [-0.2, 0) is 9.59 Å². The van der Waals surface area contributed by atoms with Crippen LogP contribution < -0.4 is 15.0 Å². The smallest absolute Gasteiger partial charge is 0.262 e. The first kappa shape index (κ1) is 18.3. The summed E-state index contributed by atoms with van der Waals surface area (Å²) in [4.78, 5) is 26.2. The molecular formula is C22H19ClN2O3. The Kier molecular flexibility index (Phi) is 5.17. The summed E-state index contributed by atoms with van der Waals surface area (Å²) in [5, 5.41) is 5.22. The van der Waals surface area contributed by atoms with Gasteiger partial charge in [-0.1, -0.05) is 48.0 Å². The number of nitrogens with zero attached hydrogens (tertiary/aromatic N) is 1. The van der Waals surface area contributed by atoms with Gasteiger partial charge in [-0.2, -0.15) is 0 Å². The highest BCUT2D eigenvalue weighted by molar-refractivity contribution is 6.35. The van der Waals surface area contributed by atoms with Crippen LogP contribution in [0.5, 0.6) is 5.75 Å². The second-order valence-corrected chi connectivity index (χ2v) is 7.00. The molecule has 0 unspecified atom stereocenters. The summed E-state index contributed by atoms with van der Waals surface area (Å²) in [5.74, 6) is 0.377. The number of para-hydroxylation sites is 2. The van der Waals surface area contributed by atoms with Crippen molar-refractivity contribution in [2.45, 2.75) is 12.8 Å². The molecule has 1 fully saturated rings. The standard InChI is InChI=1S/C22H19ClN2O3/c23-17-11-12-20(16-7-2-1-6-15(16)17)28-14-21(26)24-18-8-3-4-9-19(18)25-13-5-10-22(25)27/h1-4,6-9,11-12H,5,10,13-14H2,(H,24,26). The van der Waals surface area contributed by atoms with Gasteiger partial charge in [0.15, 0.2) is 6.61 Å². The van der Waals surface area contributed by atoms with Crippen molar-refractivity contribution in [3.63, 3.8) is 0 Å². The molecule has 5 nitrogen and oxygen atoms in total. The van der Waals surface area contributed by atoms with Crippen molar-refractivity contribution in [1.29, 1.82) is 0 Å². The zero-order valence-electron chi connectivity index (χ0n) is 15.2. The van der Waals surface area contributed by atoms with E-state index in [1.54, 1.807) is 23.1 Å². The number of hydrogen-bond acceptors (Lipinski definition) is 3. The molecule has 0 atom stereocenters. The summed E-state index contributed by atoms with van der Waals surface area (Å²) in [6.07, 6.45) is 1.36. The van der Waals surface area contributed by atoms with Gasteiger partial charge in [0.05, 0.1) is 11.4 Å². The van der Waals surface area contributed by atoms with Gasteiger partial charge in [0, 0.05) is 28.8 Å². The Morgan fingerprint density at radius 1 is 1.04 bits per heavy atom. The highest BCUT2D eigenvalue weighted by atomic mass is 35.5. The summed E-state index contributed by atoms with van der Waals surface area (Å²) in [5.41, 5.74) is 1.32. The fourth-order valence-electron chi connectivity index (χ4n) is 3.41. The average molecular weight is 395 g/mol. The van der Waals surface area contributed by atoms with Gasteiger partial charge >= 0.3 is 0 Å². The minimum absolute atomic E-state index is 0.0746. The largest absolute Gasteiger partial charge is 0.483 e. The molecule has 0 bridgehead atoms. The third kappa shape index (κ3) is 3.66. The first-order valence-electron chi connectivity index (χ1n) is 9.13. The lowest BCUT2D eigenvalue weighted by Gasteiger charge is -2.20. The van der Waals surface area contributed by atoms with Crippen LogP contribution in [0.2, 0.25) is 5.02 Å². The predicted molar refractivity (Wildman–Crippen MR) is 111 cm³/mol. The third-order valence-electron chi connectivity index (χ3n) is 4.73. The number of anilines is 2. The molecule has 1 N–H and O–H groups in total.